The molecule has 1 aromatic rings. The lowest BCUT2D eigenvalue weighted by Gasteiger charge is -2.47. The van der Waals surface area contributed by atoms with Crippen LogP contribution in [0.3, 0.4) is 0 Å². The molecule has 1 saturated carbocycles. The third-order valence-corrected chi connectivity index (χ3v) is 4.49. The van der Waals surface area contributed by atoms with Gasteiger partial charge in [-0.2, -0.15) is 0 Å². The zero-order valence-corrected chi connectivity index (χ0v) is 12.7. The van der Waals surface area contributed by atoms with Gasteiger partial charge in [0.2, 0.25) is 0 Å². The molecule has 0 spiro atoms. The number of aromatic nitrogens is 2. The number of ether oxygens (including phenoxy) is 1. The van der Waals surface area contributed by atoms with Crippen molar-refractivity contribution >= 4 is 0 Å². The molecule has 0 aliphatic heterocycles. The van der Waals surface area contributed by atoms with Gasteiger partial charge in [-0.1, -0.05) is 13.8 Å². The molecule has 5 heteroatoms. The first-order valence-corrected chi connectivity index (χ1v) is 7.38. The van der Waals surface area contributed by atoms with Crippen LogP contribution in [0.4, 0.5) is 0 Å². The number of hydrogen-bond donors (Lipinski definition) is 2. The van der Waals surface area contributed by atoms with E-state index in [4.69, 9.17) is 10.6 Å². The van der Waals surface area contributed by atoms with Crippen molar-refractivity contribution < 1.29 is 4.74 Å². The minimum Gasteiger partial charge on any atom is -0.373 e. The first-order valence-electron chi connectivity index (χ1n) is 7.38. The van der Waals surface area contributed by atoms with Gasteiger partial charge in [0, 0.05) is 24.6 Å². The van der Waals surface area contributed by atoms with Gasteiger partial charge in [-0.05, 0) is 38.0 Å². The normalized spacial score (nSPS) is 22.4. The SMILES string of the molecule is CCOC1(C(NN)c2cncnc2)CCC(C)(C)CC1. The van der Waals surface area contributed by atoms with Crippen LogP contribution in [0, 0.1) is 5.41 Å². The summed E-state index contributed by atoms with van der Waals surface area (Å²) in [7, 11) is 0. The van der Waals surface area contributed by atoms with Gasteiger partial charge in [0.05, 0.1) is 11.6 Å². The average Bonchev–Trinajstić information content (AvgIpc) is 2.44. The topological polar surface area (TPSA) is 73.1 Å². The molecule has 1 atom stereocenters. The number of hydrogen-bond acceptors (Lipinski definition) is 5. The number of rotatable bonds is 5. The van der Waals surface area contributed by atoms with Gasteiger partial charge in [-0.15, -0.1) is 0 Å². The fourth-order valence-electron chi connectivity index (χ4n) is 3.17. The first-order chi connectivity index (χ1) is 9.53. The maximum absolute atomic E-state index is 6.17. The van der Waals surface area contributed by atoms with Crippen molar-refractivity contribution in [3.05, 3.63) is 24.3 Å². The van der Waals surface area contributed by atoms with Crippen LogP contribution in [0.15, 0.2) is 18.7 Å². The summed E-state index contributed by atoms with van der Waals surface area (Å²) in [5, 5.41) is 0. The lowest BCUT2D eigenvalue weighted by Crippen LogP contribution is -2.51. The standard InChI is InChI=1S/C15H26N4O/c1-4-20-15(7-5-14(2,3)6-8-15)13(19-16)12-9-17-11-18-10-12/h9-11,13,19H,4-8,16H2,1-3H3. The predicted octanol–water partition coefficient (Wildman–Crippen LogP) is 2.36. The second kappa shape index (κ2) is 6.16. The van der Waals surface area contributed by atoms with Crippen LogP contribution in [0.5, 0.6) is 0 Å². The highest BCUT2D eigenvalue weighted by Crippen LogP contribution is 2.47. The first kappa shape index (κ1) is 15.4. The van der Waals surface area contributed by atoms with Crippen molar-refractivity contribution in [3.8, 4) is 0 Å². The smallest absolute Gasteiger partial charge is 0.115 e. The Bertz CT molecular complexity index is 411. The van der Waals surface area contributed by atoms with Gasteiger partial charge in [-0.3, -0.25) is 5.84 Å². The maximum atomic E-state index is 6.17. The quantitative estimate of drug-likeness (QED) is 0.639. The number of nitrogens with two attached hydrogens (primary N) is 1. The van der Waals surface area contributed by atoms with E-state index < -0.39 is 0 Å². The van der Waals surface area contributed by atoms with Crippen molar-refractivity contribution in [3.63, 3.8) is 0 Å². The van der Waals surface area contributed by atoms with Crippen molar-refractivity contribution in [2.75, 3.05) is 6.61 Å². The Balaban J connectivity index is 2.27. The summed E-state index contributed by atoms with van der Waals surface area (Å²) in [6.07, 6.45) is 9.44. The Morgan fingerprint density at radius 3 is 2.35 bits per heavy atom. The molecule has 0 saturated heterocycles. The Morgan fingerprint density at radius 1 is 1.25 bits per heavy atom. The van der Waals surface area contributed by atoms with Crippen molar-refractivity contribution in [1.29, 1.82) is 0 Å². The van der Waals surface area contributed by atoms with E-state index in [1.165, 1.54) is 6.33 Å². The summed E-state index contributed by atoms with van der Waals surface area (Å²) in [6.45, 7) is 7.36. The largest absolute Gasteiger partial charge is 0.373 e. The minimum absolute atomic E-state index is 0.0697. The fraction of sp³-hybridized carbons (Fsp3) is 0.733. The van der Waals surface area contributed by atoms with Crippen LogP contribution in [0.1, 0.15) is 58.1 Å². The van der Waals surface area contributed by atoms with E-state index in [-0.39, 0.29) is 11.6 Å². The molecule has 1 fully saturated rings. The van der Waals surface area contributed by atoms with E-state index in [1.54, 1.807) is 0 Å². The zero-order valence-electron chi connectivity index (χ0n) is 12.7. The molecule has 0 bridgehead atoms. The molecule has 2 rings (SSSR count). The van der Waals surface area contributed by atoms with Gasteiger partial charge >= 0.3 is 0 Å². The summed E-state index contributed by atoms with van der Waals surface area (Å²) in [6, 6.07) is -0.0697. The third-order valence-electron chi connectivity index (χ3n) is 4.49. The molecular formula is C15H26N4O. The molecule has 5 nitrogen and oxygen atoms in total. The van der Waals surface area contributed by atoms with E-state index >= 15 is 0 Å². The summed E-state index contributed by atoms with van der Waals surface area (Å²) in [4.78, 5) is 8.21. The second-order valence-corrected chi connectivity index (χ2v) is 6.43. The lowest BCUT2D eigenvalue weighted by atomic mass is 9.67. The highest BCUT2D eigenvalue weighted by Gasteiger charge is 2.45. The van der Waals surface area contributed by atoms with Crippen LogP contribution in [0.25, 0.3) is 0 Å². The van der Waals surface area contributed by atoms with Crippen molar-refractivity contribution in [2.45, 2.75) is 58.1 Å². The number of nitrogens with one attached hydrogen (secondary N) is 1. The molecule has 1 unspecified atom stereocenters. The molecule has 1 aliphatic rings. The summed E-state index contributed by atoms with van der Waals surface area (Å²) < 4.78 is 6.17. The van der Waals surface area contributed by atoms with Crippen molar-refractivity contribution in [2.24, 2.45) is 11.3 Å². The molecule has 112 valence electrons. The molecule has 1 aromatic heterocycles. The Kier molecular flexibility index (Phi) is 4.73. The van der Waals surface area contributed by atoms with Gasteiger partial charge in [0.1, 0.15) is 6.33 Å². The van der Waals surface area contributed by atoms with Gasteiger partial charge < -0.3 is 4.74 Å². The van der Waals surface area contributed by atoms with E-state index in [0.29, 0.717) is 12.0 Å². The second-order valence-electron chi connectivity index (χ2n) is 6.43. The monoisotopic (exact) mass is 278 g/mol. The predicted molar refractivity (Wildman–Crippen MR) is 78.7 cm³/mol. The van der Waals surface area contributed by atoms with E-state index in [1.807, 2.05) is 19.3 Å². The minimum atomic E-state index is -0.260. The highest BCUT2D eigenvalue weighted by atomic mass is 16.5. The Hall–Kier alpha value is -1.04. The van der Waals surface area contributed by atoms with Crippen LogP contribution in [-0.2, 0) is 4.74 Å². The number of nitrogens with zero attached hydrogens (tertiary/aromatic N) is 2. The molecule has 0 radical (unpaired) electrons. The highest BCUT2D eigenvalue weighted by molar-refractivity contribution is 5.16. The van der Waals surface area contributed by atoms with Crippen LogP contribution >= 0.6 is 0 Å². The molecule has 1 aliphatic carbocycles. The Morgan fingerprint density at radius 2 is 1.85 bits per heavy atom. The maximum Gasteiger partial charge on any atom is 0.115 e. The molecule has 0 amide bonds. The van der Waals surface area contributed by atoms with Crippen LogP contribution in [0.2, 0.25) is 0 Å². The lowest BCUT2D eigenvalue weighted by molar-refractivity contribution is -0.108. The number of hydrazine groups is 1. The molecule has 3 N–H and O–H groups in total. The Labute approximate surface area is 121 Å². The van der Waals surface area contributed by atoms with Crippen LogP contribution in [-0.4, -0.2) is 22.2 Å². The molecule has 1 heterocycles. The third kappa shape index (κ3) is 3.16. The summed E-state index contributed by atoms with van der Waals surface area (Å²) in [5.41, 5.74) is 4.05. The van der Waals surface area contributed by atoms with E-state index in [2.05, 4.69) is 29.2 Å². The molecule has 0 aromatic carbocycles. The summed E-state index contributed by atoms with van der Waals surface area (Å²) in [5.74, 6) is 5.83. The average molecular weight is 278 g/mol. The van der Waals surface area contributed by atoms with E-state index in [0.717, 1.165) is 31.2 Å². The van der Waals surface area contributed by atoms with Gasteiger partial charge in [0.15, 0.2) is 0 Å². The van der Waals surface area contributed by atoms with Gasteiger partial charge in [-0.25, -0.2) is 15.4 Å². The van der Waals surface area contributed by atoms with Gasteiger partial charge in [0.25, 0.3) is 0 Å². The summed E-state index contributed by atoms with van der Waals surface area (Å²) >= 11 is 0. The molecule has 20 heavy (non-hydrogen) atoms. The zero-order chi connectivity index (χ0) is 14.6. The van der Waals surface area contributed by atoms with E-state index in [9.17, 15) is 0 Å². The van der Waals surface area contributed by atoms with Crippen molar-refractivity contribution in [1.82, 2.24) is 15.4 Å². The fourth-order valence-corrected chi connectivity index (χ4v) is 3.17. The van der Waals surface area contributed by atoms with Crippen LogP contribution < -0.4 is 11.3 Å². The molecular weight excluding hydrogens is 252 g/mol.